The summed E-state index contributed by atoms with van der Waals surface area (Å²) < 4.78 is 45.2. The number of benzene rings is 2. The lowest BCUT2D eigenvalue weighted by Crippen LogP contribution is -2.02. The minimum atomic E-state index is -1.51. The zero-order valence-electron chi connectivity index (χ0n) is 10.2. The molecule has 0 aliphatic rings. The summed E-state index contributed by atoms with van der Waals surface area (Å²) in [5.41, 5.74) is -0.840. The monoisotopic (exact) mass is 293 g/mol. The molecule has 106 valence electrons. The Bertz CT molecular complexity index is 746. The van der Waals surface area contributed by atoms with Crippen LogP contribution in [0.15, 0.2) is 30.3 Å². The smallest absolute Gasteiger partial charge is 0.339 e. The summed E-state index contributed by atoms with van der Waals surface area (Å²) in [7, 11) is 0. The van der Waals surface area contributed by atoms with E-state index in [0.29, 0.717) is 6.07 Å². The largest absolute Gasteiger partial charge is 0.478 e. The van der Waals surface area contributed by atoms with Crippen LogP contribution in [0, 0.1) is 28.8 Å². The highest BCUT2D eigenvalue weighted by molar-refractivity contribution is 5.91. The summed E-state index contributed by atoms with van der Waals surface area (Å²) >= 11 is 0. The van der Waals surface area contributed by atoms with Gasteiger partial charge >= 0.3 is 5.97 Å². The second-order valence-electron chi connectivity index (χ2n) is 3.93. The number of halogens is 3. The Morgan fingerprint density at radius 2 is 1.76 bits per heavy atom. The molecule has 0 atom stereocenters. The molecule has 1 N–H and O–H groups in total. The Hall–Kier alpha value is -3.01. The van der Waals surface area contributed by atoms with Gasteiger partial charge in [-0.2, -0.15) is 5.26 Å². The van der Waals surface area contributed by atoms with Gasteiger partial charge in [-0.25, -0.2) is 18.0 Å². The number of carboxylic acids is 1. The van der Waals surface area contributed by atoms with Crippen LogP contribution in [0.25, 0.3) is 0 Å². The number of nitriles is 1. The molecule has 2 aromatic carbocycles. The molecule has 2 aromatic rings. The van der Waals surface area contributed by atoms with E-state index in [4.69, 9.17) is 15.1 Å². The topological polar surface area (TPSA) is 70.3 Å². The van der Waals surface area contributed by atoms with Gasteiger partial charge in [0.25, 0.3) is 0 Å². The van der Waals surface area contributed by atoms with Crippen LogP contribution in [-0.4, -0.2) is 11.1 Å². The van der Waals surface area contributed by atoms with E-state index in [0.717, 1.165) is 24.3 Å². The van der Waals surface area contributed by atoms with Gasteiger partial charge in [0.2, 0.25) is 0 Å². The van der Waals surface area contributed by atoms with Gasteiger partial charge < -0.3 is 9.84 Å². The SMILES string of the molecule is N#Cc1cc(F)c(Oc2ccc(F)cc2C(=O)O)c(F)c1. The van der Waals surface area contributed by atoms with Gasteiger partial charge in [-0.05, 0) is 30.3 Å². The van der Waals surface area contributed by atoms with E-state index >= 15 is 0 Å². The van der Waals surface area contributed by atoms with Gasteiger partial charge in [0.1, 0.15) is 17.1 Å². The summed E-state index contributed by atoms with van der Waals surface area (Å²) in [6.07, 6.45) is 0. The van der Waals surface area contributed by atoms with Crippen LogP contribution in [0.1, 0.15) is 15.9 Å². The molecule has 0 aromatic heterocycles. The second kappa shape index (κ2) is 5.54. The lowest BCUT2D eigenvalue weighted by molar-refractivity contribution is 0.0693. The molecule has 0 heterocycles. The average molecular weight is 293 g/mol. The molecule has 0 amide bonds. The first-order valence-corrected chi connectivity index (χ1v) is 5.52. The fourth-order valence-corrected chi connectivity index (χ4v) is 1.59. The number of nitrogens with zero attached hydrogens (tertiary/aromatic N) is 1. The molecule has 0 saturated carbocycles. The maximum atomic E-state index is 13.7. The van der Waals surface area contributed by atoms with Crippen molar-refractivity contribution in [2.75, 3.05) is 0 Å². The van der Waals surface area contributed by atoms with E-state index in [-0.39, 0.29) is 5.56 Å². The minimum absolute atomic E-state index is 0.255. The minimum Gasteiger partial charge on any atom is -0.478 e. The van der Waals surface area contributed by atoms with Crippen LogP contribution < -0.4 is 4.74 Å². The van der Waals surface area contributed by atoms with E-state index in [1.54, 1.807) is 6.07 Å². The summed E-state index contributed by atoms with van der Waals surface area (Å²) in [4.78, 5) is 11.0. The zero-order valence-corrected chi connectivity index (χ0v) is 10.2. The standard InChI is InChI=1S/C14H6F3NO3/c15-8-1-2-12(9(5-8)14(19)20)21-13-10(16)3-7(6-18)4-11(13)17/h1-5H,(H,19,20). The van der Waals surface area contributed by atoms with Gasteiger partial charge in [-0.3, -0.25) is 0 Å². The van der Waals surface area contributed by atoms with E-state index in [1.807, 2.05) is 0 Å². The Morgan fingerprint density at radius 1 is 1.14 bits per heavy atom. The molecule has 4 nitrogen and oxygen atoms in total. The van der Waals surface area contributed by atoms with Crippen LogP contribution in [0.2, 0.25) is 0 Å². The second-order valence-corrected chi connectivity index (χ2v) is 3.93. The van der Waals surface area contributed by atoms with Crippen molar-refractivity contribution >= 4 is 5.97 Å². The first-order valence-electron chi connectivity index (χ1n) is 5.52. The van der Waals surface area contributed by atoms with Gasteiger partial charge in [-0.15, -0.1) is 0 Å². The van der Waals surface area contributed by atoms with Crippen LogP contribution >= 0.6 is 0 Å². The maximum absolute atomic E-state index is 13.7. The third-order valence-corrected chi connectivity index (χ3v) is 2.51. The molecule has 0 spiro atoms. The molecular formula is C14H6F3NO3. The normalized spacial score (nSPS) is 10.0. The number of hydrogen-bond donors (Lipinski definition) is 1. The predicted molar refractivity (Wildman–Crippen MR) is 64.5 cm³/mol. The summed E-state index contributed by atoms with van der Waals surface area (Å²) in [5, 5.41) is 17.5. The number of hydrogen-bond acceptors (Lipinski definition) is 3. The van der Waals surface area contributed by atoms with Crippen molar-refractivity contribution in [1.82, 2.24) is 0 Å². The molecule has 0 radical (unpaired) electrons. The van der Waals surface area contributed by atoms with Crippen molar-refractivity contribution < 1.29 is 27.8 Å². The molecule has 21 heavy (non-hydrogen) atoms. The van der Waals surface area contributed by atoms with Gasteiger partial charge in [0.05, 0.1) is 11.6 Å². The molecule has 0 aliphatic carbocycles. The van der Waals surface area contributed by atoms with Gasteiger partial charge in [0.15, 0.2) is 17.4 Å². The highest BCUT2D eigenvalue weighted by Crippen LogP contribution is 2.31. The maximum Gasteiger partial charge on any atom is 0.339 e. The van der Waals surface area contributed by atoms with Crippen molar-refractivity contribution in [3.8, 4) is 17.6 Å². The Labute approximate surface area is 116 Å². The van der Waals surface area contributed by atoms with E-state index in [1.165, 1.54) is 0 Å². The Morgan fingerprint density at radius 3 is 2.29 bits per heavy atom. The van der Waals surface area contributed by atoms with Crippen LogP contribution in [0.3, 0.4) is 0 Å². The van der Waals surface area contributed by atoms with Crippen molar-refractivity contribution in [2.45, 2.75) is 0 Å². The summed E-state index contributed by atoms with van der Waals surface area (Å²) in [6, 6.07) is 5.53. The Balaban J connectivity index is 2.49. The quantitative estimate of drug-likeness (QED) is 0.940. The fraction of sp³-hybridized carbons (Fsp3) is 0. The number of aromatic carboxylic acids is 1. The fourth-order valence-electron chi connectivity index (χ4n) is 1.59. The Kier molecular flexibility index (Phi) is 3.80. The van der Waals surface area contributed by atoms with Crippen LogP contribution in [-0.2, 0) is 0 Å². The highest BCUT2D eigenvalue weighted by atomic mass is 19.1. The number of rotatable bonds is 3. The first kappa shape index (κ1) is 14.4. The van der Waals surface area contributed by atoms with Gasteiger partial charge in [-0.1, -0.05) is 0 Å². The van der Waals surface area contributed by atoms with Crippen molar-refractivity contribution in [2.24, 2.45) is 0 Å². The van der Waals surface area contributed by atoms with Gasteiger partial charge in [0, 0.05) is 0 Å². The molecule has 0 fully saturated rings. The molecule has 2 rings (SSSR count). The predicted octanol–water partition coefficient (Wildman–Crippen LogP) is 3.47. The number of ether oxygens (including phenoxy) is 1. The van der Waals surface area contributed by atoms with Crippen LogP contribution in [0.4, 0.5) is 13.2 Å². The number of carbonyl (C=O) groups is 1. The van der Waals surface area contributed by atoms with Crippen LogP contribution in [0.5, 0.6) is 11.5 Å². The molecule has 7 heteroatoms. The third-order valence-electron chi connectivity index (χ3n) is 2.51. The lowest BCUT2D eigenvalue weighted by atomic mass is 10.2. The molecule has 0 saturated heterocycles. The molecular weight excluding hydrogens is 287 g/mol. The van der Waals surface area contributed by atoms with E-state index < -0.39 is 40.5 Å². The molecule has 0 aliphatic heterocycles. The third kappa shape index (κ3) is 2.95. The van der Waals surface area contributed by atoms with E-state index in [2.05, 4.69) is 0 Å². The first-order chi connectivity index (χ1) is 9.92. The zero-order chi connectivity index (χ0) is 15.6. The average Bonchev–Trinajstić information content (AvgIpc) is 2.43. The number of carboxylic acid groups (broad SMARTS) is 1. The lowest BCUT2D eigenvalue weighted by Gasteiger charge is -2.10. The molecule has 0 bridgehead atoms. The summed E-state index contributed by atoms with van der Waals surface area (Å²) in [5.74, 6) is -5.99. The molecule has 0 unspecified atom stereocenters. The van der Waals surface area contributed by atoms with Crippen molar-refractivity contribution in [3.63, 3.8) is 0 Å². The highest BCUT2D eigenvalue weighted by Gasteiger charge is 2.18. The van der Waals surface area contributed by atoms with E-state index in [9.17, 15) is 18.0 Å². The van der Waals surface area contributed by atoms with Crippen molar-refractivity contribution in [3.05, 3.63) is 58.9 Å². The van der Waals surface area contributed by atoms with Crippen molar-refractivity contribution in [1.29, 1.82) is 5.26 Å². The summed E-state index contributed by atoms with van der Waals surface area (Å²) in [6.45, 7) is 0.